The van der Waals surface area contributed by atoms with Crippen molar-refractivity contribution in [1.29, 1.82) is 0 Å². The molecule has 0 aromatic heterocycles. The van der Waals surface area contributed by atoms with Gasteiger partial charge in [-0.1, -0.05) is 6.92 Å². The quantitative estimate of drug-likeness (QED) is 0.746. The molecule has 4 aliphatic rings. The zero-order chi connectivity index (χ0) is 18.0. The molecule has 0 saturated heterocycles. The molecule has 4 aliphatic carbocycles. The minimum atomic E-state index is -0.675. The molecular formula is C20H33NO4. The van der Waals surface area contributed by atoms with Gasteiger partial charge in [0.1, 0.15) is 5.78 Å². The van der Waals surface area contributed by atoms with E-state index in [-0.39, 0.29) is 5.41 Å². The van der Waals surface area contributed by atoms with Crippen molar-refractivity contribution in [1.82, 2.24) is 0 Å². The van der Waals surface area contributed by atoms with E-state index in [2.05, 4.69) is 6.92 Å². The summed E-state index contributed by atoms with van der Waals surface area (Å²) in [6, 6.07) is 0. The molecule has 0 spiro atoms. The van der Waals surface area contributed by atoms with E-state index in [9.17, 15) is 9.90 Å². The Morgan fingerprint density at radius 3 is 2.48 bits per heavy atom. The van der Waals surface area contributed by atoms with Crippen LogP contribution in [0.1, 0.15) is 58.3 Å². The summed E-state index contributed by atoms with van der Waals surface area (Å²) in [6.45, 7) is 2.17. The summed E-state index contributed by atoms with van der Waals surface area (Å²) in [7, 11) is 3.34. The molecule has 4 saturated carbocycles. The van der Waals surface area contributed by atoms with Crippen LogP contribution in [-0.2, 0) is 14.3 Å². The number of carbonyl (C=O) groups is 1. The molecule has 0 radical (unpaired) electrons. The number of ether oxygens (including phenoxy) is 2. The maximum absolute atomic E-state index is 12.5. The molecule has 0 amide bonds. The number of rotatable bonds is 2. The van der Waals surface area contributed by atoms with Gasteiger partial charge in [-0.05, 0) is 55.8 Å². The van der Waals surface area contributed by atoms with E-state index in [1.807, 2.05) is 0 Å². The van der Waals surface area contributed by atoms with Gasteiger partial charge in [0, 0.05) is 38.9 Å². The van der Waals surface area contributed by atoms with E-state index >= 15 is 0 Å². The second kappa shape index (κ2) is 5.75. The van der Waals surface area contributed by atoms with E-state index in [0.29, 0.717) is 42.3 Å². The van der Waals surface area contributed by atoms with Crippen LogP contribution >= 0.6 is 0 Å². The van der Waals surface area contributed by atoms with Crippen LogP contribution in [0.3, 0.4) is 0 Å². The second-order valence-corrected chi connectivity index (χ2v) is 9.36. The Morgan fingerprint density at radius 2 is 1.80 bits per heavy atom. The van der Waals surface area contributed by atoms with Gasteiger partial charge in [-0.15, -0.1) is 0 Å². The summed E-state index contributed by atoms with van der Waals surface area (Å²) in [5, 5.41) is 11.1. The number of hydrogen-bond acceptors (Lipinski definition) is 5. The molecule has 4 unspecified atom stereocenters. The van der Waals surface area contributed by atoms with E-state index in [0.717, 1.165) is 38.5 Å². The fraction of sp³-hybridized carbons (Fsp3) is 0.950. The van der Waals surface area contributed by atoms with Gasteiger partial charge in [-0.25, -0.2) is 0 Å². The Balaban J connectivity index is 1.64. The highest BCUT2D eigenvalue weighted by Crippen LogP contribution is 2.62. The summed E-state index contributed by atoms with van der Waals surface area (Å²) in [4.78, 5) is 12.5. The molecule has 25 heavy (non-hydrogen) atoms. The van der Waals surface area contributed by atoms with Gasteiger partial charge in [0.05, 0.1) is 11.6 Å². The second-order valence-electron chi connectivity index (χ2n) is 9.36. The lowest BCUT2D eigenvalue weighted by Gasteiger charge is -2.61. The van der Waals surface area contributed by atoms with Crippen molar-refractivity contribution >= 4 is 5.78 Å². The zero-order valence-corrected chi connectivity index (χ0v) is 15.8. The van der Waals surface area contributed by atoms with Crippen molar-refractivity contribution in [3.8, 4) is 0 Å². The molecule has 0 aliphatic heterocycles. The van der Waals surface area contributed by atoms with Gasteiger partial charge >= 0.3 is 0 Å². The first kappa shape index (κ1) is 17.9. The van der Waals surface area contributed by atoms with E-state index in [1.54, 1.807) is 14.2 Å². The van der Waals surface area contributed by atoms with Crippen LogP contribution in [0.25, 0.3) is 0 Å². The van der Waals surface area contributed by atoms with Crippen molar-refractivity contribution in [2.24, 2.45) is 34.8 Å². The number of aliphatic hydroxyl groups is 1. The largest absolute Gasteiger partial charge is 0.391 e. The monoisotopic (exact) mass is 351 g/mol. The highest BCUT2D eigenvalue weighted by Gasteiger charge is 2.63. The molecule has 3 N–H and O–H groups in total. The lowest BCUT2D eigenvalue weighted by Crippen LogP contribution is -2.70. The number of hydrogen-bond donors (Lipinski definition) is 2. The maximum Gasteiger partial charge on any atom is 0.169 e. The Hall–Kier alpha value is -0.490. The van der Waals surface area contributed by atoms with Crippen LogP contribution < -0.4 is 5.73 Å². The molecule has 4 rings (SSSR count). The molecule has 0 aromatic rings. The number of nitrogens with two attached hydrogens (primary N) is 1. The molecule has 0 heterocycles. The summed E-state index contributed by atoms with van der Waals surface area (Å²) < 4.78 is 11.3. The molecule has 4 fully saturated rings. The number of aliphatic hydroxyl groups excluding tert-OH is 1. The molecular weight excluding hydrogens is 318 g/mol. The molecule has 142 valence electrons. The number of carbonyl (C=O) groups excluding carboxylic acids is 1. The predicted octanol–water partition coefficient (Wildman–Crippen LogP) is 2.25. The van der Waals surface area contributed by atoms with Crippen molar-refractivity contribution in [2.45, 2.75) is 75.7 Å². The van der Waals surface area contributed by atoms with Crippen LogP contribution in [0.2, 0.25) is 0 Å². The predicted molar refractivity (Wildman–Crippen MR) is 93.7 cm³/mol. The van der Waals surface area contributed by atoms with Gasteiger partial charge in [0.15, 0.2) is 5.79 Å². The SMILES string of the molecule is COC1(OC)CCC2[C@H]3CCC4(C)C(=O)CC[C@H]4C3C[C@@H](O)C2(N)C1. The Bertz CT molecular complexity index is 562. The normalized spacial score (nSPS) is 51.6. The van der Waals surface area contributed by atoms with Gasteiger partial charge in [-0.2, -0.15) is 0 Å². The molecule has 0 aromatic carbocycles. The number of ketones is 1. The molecule has 5 nitrogen and oxygen atoms in total. The third kappa shape index (κ3) is 2.32. The van der Waals surface area contributed by atoms with E-state index in [4.69, 9.17) is 15.2 Å². The average molecular weight is 351 g/mol. The molecule has 7 atom stereocenters. The van der Waals surface area contributed by atoms with Gasteiger partial charge in [-0.3, -0.25) is 4.79 Å². The average Bonchev–Trinajstić information content (AvgIpc) is 2.90. The van der Waals surface area contributed by atoms with Crippen molar-refractivity contribution in [3.63, 3.8) is 0 Å². The fourth-order valence-corrected chi connectivity index (χ4v) is 7.14. The fourth-order valence-electron chi connectivity index (χ4n) is 7.14. The lowest BCUT2D eigenvalue weighted by atomic mass is 9.47. The topological polar surface area (TPSA) is 81.8 Å². The summed E-state index contributed by atoms with van der Waals surface area (Å²) in [6.07, 6.45) is 6.21. The Kier molecular flexibility index (Phi) is 4.12. The smallest absolute Gasteiger partial charge is 0.169 e. The summed E-state index contributed by atoms with van der Waals surface area (Å²) in [5.74, 6) is 1.43. The van der Waals surface area contributed by atoms with E-state index < -0.39 is 17.4 Å². The zero-order valence-electron chi connectivity index (χ0n) is 15.8. The van der Waals surface area contributed by atoms with Crippen LogP contribution in [0, 0.1) is 29.1 Å². The van der Waals surface area contributed by atoms with Crippen LogP contribution in [0.15, 0.2) is 0 Å². The van der Waals surface area contributed by atoms with E-state index in [1.165, 1.54) is 0 Å². The van der Waals surface area contributed by atoms with Gasteiger partial charge in [0.25, 0.3) is 0 Å². The minimum absolute atomic E-state index is 0.160. The third-order valence-electron chi connectivity index (χ3n) is 8.68. The third-order valence-corrected chi connectivity index (χ3v) is 8.68. The highest BCUT2D eigenvalue weighted by atomic mass is 16.7. The first-order valence-corrected chi connectivity index (χ1v) is 9.90. The van der Waals surface area contributed by atoms with Gasteiger partial charge in [0.2, 0.25) is 0 Å². The van der Waals surface area contributed by atoms with Crippen molar-refractivity contribution in [3.05, 3.63) is 0 Å². The maximum atomic E-state index is 12.5. The number of methoxy groups -OCH3 is 2. The highest BCUT2D eigenvalue weighted by molar-refractivity contribution is 5.87. The molecule has 5 heteroatoms. The first-order chi connectivity index (χ1) is 11.8. The van der Waals surface area contributed by atoms with Crippen LogP contribution in [-0.4, -0.2) is 42.5 Å². The van der Waals surface area contributed by atoms with Crippen LogP contribution in [0.5, 0.6) is 0 Å². The van der Waals surface area contributed by atoms with Gasteiger partial charge < -0.3 is 20.3 Å². The Morgan fingerprint density at radius 1 is 1.08 bits per heavy atom. The van der Waals surface area contributed by atoms with Crippen molar-refractivity contribution < 1.29 is 19.4 Å². The Labute approximate surface area is 150 Å². The summed E-state index contributed by atoms with van der Waals surface area (Å²) in [5.41, 5.74) is 6.05. The van der Waals surface area contributed by atoms with Crippen molar-refractivity contribution in [2.75, 3.05) is 14.2 Å². The lowest BCUT2D eigenvalue weighted by molar-refractivity contribution is -0.261. The molecule has 0 bridgehead atoms. The van der Waals surface area contributed by atoms with Crippen LogP contribution in [0.4, 0.5) is 0 Å². The first-order valence-electron chi connectivity index (χ1n) is 9.90. The number of fused-ring (bicyclic) bond motifs is 5. The minimum Gasteiger partial charge on any atom is -0.391 e. The number of Topliss-reactive ketones (excluding diaryl/α,β-unsaturated/α-hetero) is 1. The standard InChI is InChI=1S/C20H33NO4/c1-18-8-6-12-13(14(18)4-5-16(18)22)10-17(23)20(21)11-19(24-2,25-3)9-7-15(12)20/h12-15,17,23H,4-11,21H2,1-3H3/t12-,13?,14-,15?,17+,18?,20?/m0/s1. The summed E-state index contributed by atoms with van der Waals surface area (Å²) >= 11 is 0.